The summed E-state index contributed by atoms with van der Waals surface area (Å²) in [7, 11) is 1.35. The summed E-state index contributed by atoms with van der Waals surface area (Å²) in [5.74, 6) is 0.550. The fraction of sp³-hybridized carbons (Fsp3) is 0.190. The third-order valence-electron chi connectivity index (χ3n) is 3.95. The zero-order valence-electron chi connectivity index (χ0n) is 15.6. The number of hydrogen-bond acceptors (Lipinski definition) is 6. The van der Waals surface area contributed by atoms with Crippen LogP contribution >= 0.6 is 23.1 Å². The number of aromatic nitrogens is 1. The summed E-state index contributed by atoms with van der Waals surface area (Å²) in [4.78, 5) is 29.5. The molecule has 1 heterocycles. The number of methoxy groups -OCH3 is 1. The molecule has 0 saturated carbocycles. The molecule has 0 bridgehead atoms. The molecule has 0 saturated heterocycles. The van der Waals surface area contributed by atoms with E-state index in [0.29, 0.717) is 17.1 Å². The highest BCUT2D eigenvalue weighted by Crippen LogP contribution is 2.25. The van der Waals surface area contributed by atoms with Gasteiger partial charge in [0, 0.05) is 15.8 Å². The van der Waals surface area contributed by atoms with E-state index >= 15 is 0 Å². The Balaban J connectivity index is 1.60. The van der Waals surface area contributed by atoms with Crippen LogP contribution in [0, 0.1) is 0 Å². The van der Waals surface area contributed by atoms with Gasteiger partial charge in [-0.15, -0.1) is 23.1 Å². The van der Waals surface area contributed by atoms with Gasteiger partial charge in [-0.05, 0) is 35.6 Å². The van der Waals surface area contributed by atoms with Gasteiger partial charge in [0.15, 0.2) is 5.13 Å². The summed E-state index contributed by atoms with van der Waals surface area (Å²) >= 11 is 3.14. The topological polar surface area (TPSA) is 68.3 Å². The maximum absolute atomic E-state index is 12.3. The van der Waals surface area contributed by atoms with Gasteiger partial charge in [-0.1, -0.05) is 31.2 Å². The largest absolute Gasteiger partial charge is 0.465 e. The minimum absolute atomic E-state index is 0.0992. The highest BCUT2D eigenvalue weighted by atomic mass is 32.2. The predicted molar refractivity (Wildman–Crippen MR) is 114 cm³/mol. The van der Waals surface area contributed by atoms with Crippen molar-refractivity contribution in [2.24, 2.45) is 0 Å². The number of esters is 1. The van der Waals surface area contributed by atoms with Gasteiger partial charge in [-0.25, -0.2) is 9.78 Å². The van der Waals surface area contributed by atoms with E-state index in [0.717, 1.165) is 22.6 Å². The second kappa shape index (κ2) is 9.52. The average molecular weight is 413 g/mol. The summed E-state index contributed by atoms with van der Waals surface area (Å²) in [6.07, 6.45) is 0.305. The Labute approximate surface area is 172 Å². The Morgan fingerprint density at radius 3 is 2.46 bits per heavy atom. The van der Waals surface area contributed by atoms with Crippen molar-refractivity contribution in [2.45, 2.75) is 18.2 Å². The summed E-state index contributed by atoms with van der Waals surface area (Å²) in [6.45, 7) is 2.11. The Bertz CT molecular complexity index is 951. The number of benzene rings is 2. The van der Waals surface area contributed by atoms with Crippen LogP contribution in [-0.2, 0) is 16.0 Å². The van der Waals surface area contributed by atoms with Crippen LogP contribution in [0.15, 0.2) is 58.8 Å². The number of anilines is 1. The van der Waals surface area contributed by atoms with Crippen molar-refractivity contribution in [3.05, 3.63) is 65.0 Å². The van der Waals surface area contributed by atoms with Crippen molar-refractivity contribution < 1.29 is 14.3 Å². The average Bonchev–Trinajstić information content (AvgIpc) is 3.17. The van der Waals surface area contributed by atoms with Crippen LogP contribution < -0.4 is 5.32 Å². The molecular weight excluding hydrogens is 392 g/mol. The first-order chi connectivity index (χ1) is 13.6. The molecular formula is C21H20N2O3S2. The van der Waals surface area contributed by atoms with E-state index in [1.165, 1.54) is 23.3 Å². The number of carbonyl (C=O) groups is 2. The van der Waals surface area contributed by atoms with Gasteiger partial charge in [0.1, 0.15) is 0 Å². The summed E-state index contributed by atoms with van der Waals surface area (Å²) in [5.41, 5.74) is 3.07. The standard InChI is InChI=1S/C21H20N2O3S2/c1-3-27-17-10-4-14(5-11-17)12-19(24)23-21-22-18(13-28-21)15-6-8-16(9-7-15)20(25)26-2/h4-11,13H,3,12H2,1-2H3,(H,22,23,24). The molecule has 1 aromatic heterocycles. The summed E-state index contributed by atoms with van der Waals surface area (Å²) in [5, 5.41) is 5.27. The second-order valence-corrected chi connectivity index (χ2v) is 8.10. The molecule has 1 amide bonds. The first-order valence-corrected chi connectivity index (χ1v) is 10.6. The van der Waals surface area contributed by atoms with E-state index in [1.54, 1.807) is 23.9 Å². The molecule has 2 aromatic carbocycles. The van der Waals surface area contributed by atoms with Crippen LogP contribution in [0.3, 0.4) is 0 Å². The van der Waals surface area contributed by atoms with Crippen molar-refractivity contribution in [1.82, 2.24) is 4.98 Å². The fourth-order valence-electron chi connectivity index (χ4n) is 2.58. The number of thiazole rings is 1. The first-order valence-electron chi connectivity index (χ1n) is 8.75. The number of rotatable bonds is 7. The molecule has 3 aromatic rings. The molecule has 0 radical (unpaired) electrons. The fourth-order valence-corrected chi connectivity index (χ4v) is 3.98. The number of thioether (sulfide) groups is 1. The van der Waals surface area contributed by atoms with Crippen LogP contribution in [0.25, 0.3) is 11.3 Å². The van der Waals surface area contributed by atoms with Gasteiger partial charge >= 0.3 is 5.97 Å². The Hall–Kier alpha value is -2.64. The third kappa shape index (κ3) is 5.21. The monoisotopic (exact) mass is 412 g/mol. The van der Waals surface area contributed by atoms with Gasteiger partial charge in [0.2, 0.25) is 5.91 Å². The predicted octanol–water partition coefficient (Wildman–Crippen LogP) is 4.89. The maximum Gasteiger partial charge on any atom is 0.337 e. The molecule has 0 spiro atoms. The smallest absolute Gasteiger partial charge is 0.337 e. The number of carbonyl (C=O) groups excluding carboxylic acids is 2. The van der Waals surface area contributed by atoms with Crippen LogP contribution in [0.1, 0.15) is 22.8 Å². The highest BCUT2D eigenvalue weighted by molar-refractivity contribution is 7.99. The van der Waals surface area contributed by atoms with Crippen LogP contribution in [0.5, 0.6) is 0 Å². The number of amides is 1. The lowest BCUT2D eigenvalue weighted by molar-refractivity contribution is -0.115. The molecule has 0 aliphatic rings. The highest BCUT2D eigenvalue weighted by Gasteiger charge is 2.10. The van der Waals surface area contributed by atoms with E-state index in [1.807, 2.05) is 41.8 Å². The van der Waals surface area contributed by atoms with Gasteiger partial charge in [-0.3, -0.25) is 4.79 Å². The molecule has 1 N–H and O–H groups in total. The lowest BCUT2D eigenvalue weighted by Gasteiger charge is -2.04. The SMILES string of the molecule is CCSc1ccc(CC(=O)Nc2nc(-c3ccc(C(=O)OC)cc3)cs2)cc1. The quantitative estimate of drug-likeness (QED) is 0.442. The number of nitrogens with zero attached hydrogens (tertiary/aromatic N) is 1. The van der Waals surface area contributed by atoms with Crippen molar-refractivity contribution in [1.29, 1.82) is 0 Å². The molecule has 0 atom stereocenters. The van der Waals surface area contributed by atoms with Crippen LogP contribution in [0.2, 0.25) is 0 Å². The van der Waals surface area contributed by atoms with Crippen molar-refractivity contribution >= 4 is 40.1 Å². The Morgan fingerprint density at radius 2 is 1.82 bits per heavy atom. The maximum atomic E-state index is 12.3. The molecule has 0 unspecified atom stereocenters. The van der Waals surface area contributed by atoms with Crippen molar-refractivity contribution in [3.63, 3.8) is 0 Å². The molecule has 144 valence electrons. The molecule has 7 heteroatoms. The molecule has 28 heavy (non-hydrogen) atoms. The molecule has 0 aliphatic heterocycles. The van der Waals surface area contributed by atoms with Crippen LogP contribution in [-0.4, -0.2) is 29.7 Å². The summed E-state index contributed by atoms with van der Waals surface area (Å²) in [6, 6.07) is 15.0. The van der Waals surface area contributed by atoms with E-state index in [2.05, 4.69) is 17.2 Å². The molecule has 5 nitrogen and oxygen atoms in total. The lowest BCUT2D eigenvalue weighted by Crippen LogP contribution is -2.14. The second-order valence-electron chi connectivity index (χ2n) is 5.91. The van der Waals surface area contributed by atoms with Gasteiger partial charge in [-0.2, -0.15) is 0 Å². The van der Waals surface area contributed by atoms with Gasteiger partial charge < -0.3 is 10.1 Å². The van der Waals surface area contributed by atoms with Crippen LogP contribution in [0.4, 0.5) is 5.13 Å². The molecule has 0 fully saturated rings. The molecule has 0 aliphatic carbocycles. The van der Waals surface area contributed by atoms with Crippen molar-refractivity contribution in [3.8, 4) is 11.3 Å². The zero-order chi connectivity index (χ0) is 19.9. The molecule has 3 rings (SSSR count). The van der Waals surface area contributed by atoms with Gasteiger partial charge in [0.05, 0.1) is 24.8 Å². The van der Waals surface area contributed by atoms with E-state index in [4.69, 9.17) is 4.74 Å². The third-order valence-corrected chi connectivity index (χ3v) is 5.60. The van der Waals surface area contributed by atoms with E-state index in [-0.39, 0.29) is 11.9 Å². The minimum Gasteiger partial charge on any atom is -0.465 e. The summed E-state index contributed by atoms with van der Waals surface area (Å²) < 4.78 is 4.70. The van der Waals surface area contributed by atoms with E-state index < -0.39 is 0 Å². The Kier molecular flexibility index (Phi) is 6.84. The first kappa shape index (κ1) is 20.1. The lowest BCUT2D eigenvalue weighted by atomic mass is 10.1. The zero-order valence-corrected chi connectivity index (χ0v) is 17.2. The Morgan fingerprint density at radius 1 is 1.11 bits per heavy atom. The number of hydrogen-bond donors (Lipinski definition) is 1. The number of nitrogens with one attached hydrogen (secondary N) is 1. The van der Waals surface area contributed by atoms with Gasteiger partial charge in [0.25, 0.3) is 0 Å². The number of ether oxygens (including phenoxy) is 1. The van der Waals surface area contributed by atoms with E-state index in [9.17, 15) is 9.59 Å². The van der Waals surface area contributed by atoms with Crippen molar-refractivity contribution in [2.75, 3.05) is 18.2 Å². The minimum atomic E-state index is -0.376. The normalized spacial score (nSPS) is 10.5.